The Labute approximate surface area is 260 Å². The molecule has 2 amide bonds. The molecule has 0 aliphatic heterocycles. The molecule has 5 rings (SSSR count). The zero-order chi connectivity index (χ0) is 30.2. The first kappa shape index (κ1) is 30.6. The molecule has 1 heterocycles. The number of fused-ring (bicyclic) bond motifs is 1. The third-order valence-electron chi connectivity index (χ3n) is 7.68. The van der Waals surface area contributed by atoms with E-state index in [9.17, 15) is 14.4 Å². The van der Waals surface area contributed by atoms with Crippen molar-refractivity contribution >= 4 is 51.8 Å². The standard InChI is InChI=1S/C33H35ClN4O4S/c1-2-42-26-17-15-25(16-18-26)36-30(39)21-43-33-37-29-10-6-4-8-27(29)32(41)38(33)20-22-11-13-23(14-12-22)31(40)35-19-24-7-3-5-9-28(24)34/h3-10,15-18,22-23H,2,11-14,19-21H2,1H3,(H,35,40)(H,36,39). The summed E-state index contributed by atoms with van der Waals surface area (Å²) in [7, 11) is 0. The van der Waals surface area contributed by atoms with Gasteiger partial charge in [0.05, 0.1) is 23.3 Å². The number of ether oxygens (including phenoxy) is 1. The fourth-order valence-electron chi connectivity index (χ4n) is 5.38. The summed E-state index contributed by atoms with van der Waals surface area (Å²) in [4.78, 5) is 44.0. The van der Waals surface area contributed by atoms with E-state index in [-0.39, 0.29) is 35.0 Å². The number of halogens is 1. The van der Waals surface area contributed by atoms with Gasteiger partial charge in [-0.25, -0.2) is 4.98 Å². The first-order valence-corrected chi connectivity index (χ1v) is 15.9. The summed E-state index contributed by atoms with van der Waals surface area (Å²) in [6.07, 6.45) is 3.15. The number of nitrogens with zero attached hydrogens (tertiary/aromatic N) is 2. The number of carbonyl (C=O) groups excluding carboxylic acids is 2. The Kier molecular flexibility index (Phi) is 10.4. The molecule has 0 saturated heterocycles. The molecule has 224 valence electrons. The highest BCUT2D eigenvalue weighted by Crippen LogP contribution is 2.31. The fourth-order valence-corrected chi connectivity index (χ4v) is 6.39. The summed E-state index contributed by atoms with van der Waals surface area (Å²) < 4.78 is 7.17. The Hall–Kier alpha value is -3.82. The van der Waals surface area contributed by atoms with Crippen LogP contribution < -0.4 is 20.9 Å². The van der Waals surface area contributed by atoms with Crippen molar-refractivity contribution in [1.29, 1.82) is 0 Å². The second-order valence-electron chi connectivity index (χ2n) is 10.6. The summed E-state index contributed by atoms with van der Waals surface area (Å²) in [5, 5.41) is 7.64. The normalized spacial score (nSPS) is 16.5. The molecule has 1 aromatic heterocycles. The molecule has 1 aliphatic carbocycles. The number of hydrogen-bond acceptors (Lipinski definition) is 6. The van der Waals surface area contributed by atoms with Crippen LogP contribution in [0.25, 0.3) is 10.9 Å². The SMILES string of the molecule is CCOc1ccc(NC(=O)CSc2nc3ccccc3c(=O)n2CC2CCC(C(=O)NCc3ccccc3Cl)CC2)cc1. The van der Waals surface area contributed by atoms with E-state index in [1.807, 2.05) is 61.5 Å². The van der Waals surface area contributed by atoms with E-state index in [1.54, 1.807) is 22.8 Å². The Morgan fingerprint density at radius 3 is 2.47 bits per heavy atom. The molecule has 1 fully saturated rings. The number of amides is 2. The molecule has 0 atom stereocenters. The summed E-state index contributed by atoms with van der Waals surface area (Å²) in [6.45, 7) is 3.39. The lowest BCUT2D eigenvalue weighted by Gasteiger charge is -2.28. The van der Waals surface area contributed by atoms with Crippen LogP contribution in [-0.2, 0) is 22.7 Å². The highest BCUT2D eigenvalue weighted by Gasteiger charge is 2.27. The average molecular weight is 619 g/mol. The van der Waals surface area contributed by atoms with Crippen molar-refractivity contribution in [3.63, 3.8) is 0 Å². The van der Waals surface area contributed by atoms with Crippen molar-refractivity contribution in [2.45, 2.75) is 50.9 Å². The van der Waals surface area contributed by atoms with Crippen LogP contribution in [-0.4, -0.2) is 33.7 Å². The van der Waals surface area contributed by atoms with Crippen LogP contribution in [0, 0.1) is 11.8 Å². The van der Waals surface area contributed by atoms with E-state index in [0.717, 1.165) is 37.0 Å². The first-order chi connectivity index (χ1) is 20.9. The topological polar surface area (TPSA) is 102 Å². The lowest BCUT2D eigenvalue weighted by Crippen LogP contribution is -2.34. The van der Waals surface area contributed by atoms with Gasteiger partial charge in [-0.05, 0) is 86.6 Å². The molecule has 3 aromatic carbocycles. The predicted octanol–water partition coefficient (Wildman–Crippen LogP) is 6.30. The molecular formula is C33H35ClN4O4S. The Balaban J connectivity index is 1.21. The summed E-state index contributed by atoms with van der Waals surface area (Å²) in [6, 6.07) is 22.0. The van der Waals surface area contributed by atoms with Gasteiger partial charge in [-0.1, -0.05) is 53.7 Å². The molecule has 4 aromatic rings. The maximum Gasteiger partial charge on any atom is 0.262 e. The lowest BCUT2D eigenvalue weighted by molar-refractivity contribution is -0.126. The van der Waals surface area contributed by atoms with E-state index in [0.29, 0.717) is 46.5 Å². The maximum atomic E-state index is 13.6. The van der Waals surface area contributed by atoms with Crippen LogP contribution in [0.5, 0.6) is 5.75 Å². The Bertz CT molecular complexity index is 1630. The van der Waals surface area contributed by atoms with E-state index >= 15 is 0 Å². The Morgan fingerprint density at radius 2 is 1.72 bits per heavy atom. The minimum absolute atomic E-state index is 0.0395. The number of rotatable bonds is 11. The quantitative estimate of drug-likeness (QED) is 0.151. The van der Waals surface area contributed by atoms with Crippen molar-refractivity contribution in [2.24, 2.45) is 11.8 Å². The van der Waals surface area contributed by atoms with Crippen LogP contribution in [0.3, 0.4) is 0 Å². The molecular weight excluding hydrogens is 584 g/mol. The third-order valence-corrected chi connectivity index (χ3v) is 9.02. The van der Waals surface area contributed by atoms with Gasteiger partial charge in [0, 0.05) is 29.7 Å². The molecule has 0 bridgehead atoms. The van der Waals surface area contributed by atoms with Crippen molar-refractivity contribution < 1.29 is 14.3 Å². The maximum absolute atomic E-state index is 13.6. The highest BCUT2D eigenvalue weighted by atomic mass is 35.5. The van der Waals surface area contributed by atoms with Gasteiger partial charge in [0.25, 0.3) is 5.56 Å². The predicted molar refractivity (Wildman–Crippen MR) is 172 cm³/mol. The molecule has 2 N–H and O–H groups in total. The molecule has 1 saturated carbocycles. The largest absolute Gasteiger partial charge is 0.494 e. The number of thioether (sulfide) groups is 1. The van der Waals surface area contributed by atoms with Crippen LogP contribution in [0.2, 0.25) is 5.02 Å². The van der Waals surface area contributed by atoms with Gasteiger partial charge >= 0.3 is 0 Å². The summed E-state index contributed by atoms with van der Waals surface area (Å²) >= 11 is 7.48. The molecule has 0 spiro atoms. The monoisotopic (exact) mass is 618 g/mol. The number of nitrogens with one attached hydrogen (secondary N) is 2. The van der Waals surface area contributed by atoms with Crippen molar-refractivity contribution in [3.8, 4) is 5.75 Å². The van der Waals surface area contributed by atoms with E-state index < -0.39 is 0 Å². The second-order valence-corrected chi connectivity index (χ2v) is 12.0. The summed E-state index contributed by atoms with van der Waals surface area (Å²) in [5.41, 5.74) is 2.06. The van der Waals surface area contributed by atoms with Gasteiger partial charge in [0.15, 0.2) is 5.16 Å². The zero-order valence-corrected chi connectivity index (χ0v) is 25.6. The number of benzene rings is 3. The molecule has 1 aliphatic rings. The highest BCUT2D eigenvalue weighted by molar-refractivity contribution is 7.99. The van der Waals surface area contributed by atoms with Crippen LogP contribution in [0.15, 0.2) is 82.7 Å². The molecule has 10 heteroatoms. The van der Waals surface area contributed by atoms with Crippen LogP contribution >= 0.6 is 23.4 Å². The lowest BCUT2D eigenvalue weighted by atomic mass is 9.81. The van der Waals surface area contributed by atoms with Gasteiger partial charge in [0.1, 0.15) is 5.75 Å². The first-order valence-electron chi connectivity index (χ1n) is 14.6. The van der Waals surface area contributed by atoms with Gasteiger partial charge in [0.2, 0.25) is 11.8 Å². The molecule has 0 unspecified atom stereocenters. The van der Waals surface area contributed by atoms with E-state index in [2.05, 4.69) is 10.6 Å². The third kappa shape index (κ3) is 7.97. The number of hydrogen-bond donors (Lipinski definition) is 2. The molecule has 43 heavy (non-hydrogen) atoms. The van der Waals surface area contributed by atoms with Crippen LogP contribution in [0.4, 0.5) is 5.69 Å². The fraction of sp³-hybridized carbons (Fsp3) is 0.333. The summed E-state index contributed by atoms with van der Waals surface area (Å²) in [5.74, 6) is 0.863. The minimum Gasteiger partial charge on any atom is -0.494 e. The molecule has 8 nitrogen and oxygen atoms in total. The van der Waals surface area contributed by atoms with E-state index in [1.165, 1.54) is 11.8 Å². The second kappa shape index (κ2) is 14.6. The number of aromatic nitrogens is 2. The van der Waals surface area contributed by atoms with Gasteiger partial charge in [-0.15, -0.1) is 0 Å². The average Bonchev–Trinajstić information content (AvgIpc) is 3.02. The molecule has 0 radical (unpaired) electrons. The Morgan fingerprint density at radius 1 is 1.00 bits per heavy atom. The van der Waals surface area contributed by atoms with Crippen LogP contribution in [0.1, 0.15) is 38.2 Å². The van der Waals surface area contributed by atoms with Gasteiger partial charge in [-0.3, -0.25) is 19.0 Å². The van der Waals surface area contributed by atoms with Gasteiger partial charge in [-0.2, -0.15) is 0 Å². The van der Waals surface area contributed by atoms with Crippen molar-refractivity contribution in [3.05, 3.63) is 93.7 Å². The van der Waals surface area contributed by atoms with Crippen molar-refractivity contribution in [2.75, 3.05) is 17.7 Å². The van der Waals surface area contributed by atoms with Crippen molar-refractivity contribution in [1.82, 2.24) is 14.9 Å². The number of anilines is 1. The smallest absolute Gasteiger partial charge is 0.262 e. The zero-order valence-electron chi connectivity index (χ0n) is 24.1. The van der Waals surface area contributed by atoms with E-state index in [4.69, 9.17) is 21.3 Å². The minimum atomic E-state index is -0.188. The van der Waals surface area contributed by atoms with Gasteiger partial charge < -0.3 is 15.4 Å². The number of carbonyl (C=O) groups is 2. The number of para-hydroxylation sites is 1.